The zero-order valence-electron chi connectivity index (χ0n) is 13.4. The van der Waals surface area contributed by atoms with Crippen molar-refractivity contribution in [3.05, 3.63) is 66.2 Å². The van der Waals surface area contributed by atoms with Crippen molar-refractivity contribution in [3.8, 4) is 0 Å². The van der Waals surface area contributed by atoms with Gasteiger partial charge >= 0.3 is 0 Å². The Labute approximate surface area is 142 Å². The molecule has 2 aromatic carbocycles. The van der Waals surface area contributed by atoms with E-state index in [2.05, 4.69) is 6.92 Å². The predicted octanol–water partition coefficient (Wildman–Crippen LogP) is 5.18. The van der Waals surface area contributed by atoms with E-state index in [1.165, 1.54) is 0 Å². The second-order valence-corrected chi connectivity index (χ2v) is 6.89. The summed E-state index contributed by atoms with van der Waals surface area (Å²) in [6, 6.07) is 18.9. The first-order valence-electron chi connectivity index (χ1n) is 8.05. The molecule has 0 amide bonds. The molecule has 2 rings (SSSR count). The molecule has 23 heavy (non-hydrogen) atoms. The number of Topliss-reactive ketones (excluding diaryl/α,β-unsaturated/α-hetero) is 2. The van der Waals surface area contributed by atoms with Gasteiger partial charge in [-0.1, -0.05) is 68.3 Å². The van der Waals surface area contributed by atoms with Gasteiger partial charge in [0.25, 0.3) is 0 Å². The lowest BCUT2D eigenvalue weighted by Crippen LogP contribution is -2.19. The second kappa shape index (κ2) is 9.31. The third-order valence-electron chi connectivity index (χ3n) is 3.63. The van der Waals surface area contributed by atoms with Gasteiger partial charge in [-0.15, -0.1) is 11.8 Å². The number of hydrogen-bond donors (Lipinski definition) is 0. The molecule has 0 aromatic heterocycles. The van der Waals surface area contributed by atoms with E-state index in [-0.39, 0.29) is 16.8 Å². The molecule has 0 fully saturated rings. The molecule has 0 aliphatic carbocycles. The van der Waals surface area contributed by atoms with Gasteiger partial charge in [0, 0.05) is 22.1 Å². The summed E-state index contributed by atoms with van der Waals surface area (Å²) in [4.78, 5) is 25.7. The maximum Gasteiger partial charge on any atom is 0.228 e. The van der Waals surface area contributed by atoms with Gasteiger partial charge in [0.2, 0.25) is 11.6 Å². The summed E-state index contributed by atoms with van der Waals surface area (Å²) in [5.74, 6) is -0.665. The van der Waals surface area contributed by atoms with Crippen LogP contribution in [0.25, 0.3) is 0 Å². The van der Waals surface area contributed by atoms with Crippen LogP contribution < -0.4 is 0 Å². The largest absolute Gasteiger partial charge is 0.290 e. The average Bonchev–Trinajstić information content (AvgIpc) is 2.60. The van der Waals surface area contributed by atoms with Crippen molar-refractivity contribution in [1.82, 2.24) is 0 Å². The minimum Gasteiger partial charge on any atom is -0.290 e. The van der Waals surface area contributed by atoms with Gasteiger partial charge in [-0.25, -0.2) is 0 Å². The molecule has 2 nitrogen and oxygen atoms in total. The van der Waals surface area contributed by atoms with Crippen molar-refractivity contribution < 1.29 is 9.59 Å². The quantitative estimate of drug-likeness (QED) is 0.362. The average molecular weight is 326 g/mol. The molecule has 0 spiro atoms. The van der Waals surface area contributed by atoms with Crippen molar-refractivity contribution in [2.24, 2.45) is 0 Å². The van der Waals surface area contributed by atoms with Crippen LogP contribution in [0.4, 0.5) is 0 Å². The highest BCUT2D eigenvalue weighted by atomic mass is 32.2. The summed E-state index contributed by atoms with van der Waals surface area (Å²) in [6.45, 7) is 2.14. The summed E-state index contributed by atoms with van der Waals surface area (Å²) >= 11 is 1.70. The molecule has 0 N–H and O–H groups in total. The molecular formula is C20H22O2S. The van der Waals surface area contributed by atoms with Crippen molar-refractivity contribution in [3.63, 3.8) is 0 Å². The van der Waals surface area contributed by atoms with Gasteiger partial charge in [0.15, 0.2) is 0 Å². The predicted molar refractivity (Wildman–Crippen MR) is 96.0 cm³/mol. The maximum atomic E-state index is 12.3. The summed E-state index contributed by atoms with van der Waals surface area (Å²) in [6.07, 6.45) is 3.40. The Morgan fingerprint density at radius 3 is 2.17 bits per heavy atom. The Hall–Kier alpha value is -1.87. The summed E-state index contributed by atoms with van der Waals surface area (Å²) in [7, 11) is 0. The SMILES string of the molecule is CCCCC(CC(=O)C(=O)c1ccccc1)Sc1ccccc1. The van der Waals surface area contributed by atoms with Crippen molar-refractivity contribution in [2.75, 3.05) is 0 Å². The van der Waals surface area contributed by atoms with Crippen LogP contribution >= 0.6 is 11.8 Å². The molecule has 0 aliphatic heterocycles. The lowest BCUT2D eigenvalue weighted by atomic mass is 10.0. The summed E-state index contributed by atoms with van der Waals surface area (Å²) in [5.41, 5.74) is 0.483. The maximum absolute atomic E-state index is 12.3. The van der Waals surface area contributed by atoms with Crippen LogP contribution in [-0.2, 0) is 4.79 Å². The van der Waals surface area contributed by atoms with E-state index in [0.717, 1.165) is 24.2 Å². The van der Waals surface area contributed by atoms with E-state index >= 15 is 0 Å². The van der Waals surface area contributed by atoms with Crippen LogP contribution in [0.3, 0.4) is 0 Å². The smallest absolute Gasteiger partial charge is 0.228 e. The normalized spacial score (nSPS) is 11.9. The molecule has 0 radical (unpaired) electrons. The highest BCUT2D eigenvalue weighted by Gasteiger charge is 2.21. The summed E-state index contributed by atoms with van der Waals surface area (Å²) < 4.78 is 0. The third-order valence-corrected chi connectivity index (χ3v) is 4.91. The molecule has 0 heterocycles. The molecule has 0 aliphatic rings. The highest BCUT2D eigenvalue weighted by molar-refractivity contribution is 8.00. The van der Waals surface area contributed by atoms with Gasteiger partial charge in [0.05, 0.1) is 0 Å². The zero-order valence-corrected chi connectivity index (χ0v) is 14.2. The number of ketones is 2. The molecule has 1 unspecified atom stereocenters. The van der Waals surface area contributed by atoms with E-state index in [9.17, 15) is 9.59 Å². The number of hydrogen-bond acceptors (Lipinski definition) is 3. The first kappa shape index (κ1) is 17.5. The van der Waals surface area contributed by atoms with Crippen LogP contribution in [0, 0.1) is 0 Å². The van der Waals surface area contributed by atoms with E-state index in [0.29, 0.717) is 12.0 Å². The van der Waals surface area contributed by atoms with Gasteiger partial charge in [0.1, 0.15) is 0 Å². The number of carbonyl (C=O) groups excluding carboxylic acids is 2. The van der Waals surface area contributed by atoms with Crippen molar-refractivity contribution in [2.45, 2.75) is 42.8 Å². The molecule has 2 aromatic rings. The Morgan fingerprint density at radius 2 is 1.57 bits per heavy atom. The van der Waals surface area contributed by atoms with E-state index in [4.69, 9.17) is 0 Å². The second-order valence-electron chi connectivity index (χ2n) is 5.52. The molecule has 120 valence electrons. The van der Waals surface area contributed by atoms with Crippen LogP contribution in [0.15, 0.2) is 65.6 Å². The van der Waals surface area contributed by atoms with E-state index in [1.807, 2.05) is 36.4 Å². The Kier molecular flexibility index (Phi) is 7.08. The standard InChI is InChI=1S/C20H22O2S/c1-2-3-12-18(23-17-13-8-5-9-14-17)15-19(21)20(22)16-10-6-4-7-11-16/h4-11,13-14,18H,2-3,12,15H2,1H3. The lowest BCUT2D eigenvalue weighted by molar-refractivity contribution is -0.115. The highest BCUT2D eigenvalue weighted by Crippen LogP contribution is 2.29. The van der Waals surface area contributed by atoms with Crippen LogP contribution in [0.5, 0.6) is 0 Å². The molecule has 1 atom stereocenters. The molecule has 3 heteroatoms. The van der Waals surface area contributed by atoms with Gasteiger partial charge in [-0.3, -0.25) is 9.59 Å². The number of unbranched alkanes of at least 4 members (excludes halogenated alkanes) is 1. The fraction of sp³-hybridized carbons (Fsp3) is 0.300. The topological polar surface area (TPSA) is 34.1 Å². The van der Waals surface area contributed by atoms with Crippen molar-refractivity contribution in [1.29, 1.82) is 0 Å². The van der Waals surface area contributed by atoms with Crippen molar-refractivity contribution >= 4 is 23.3 Å². The van der Waals surface area contributed by atoms with Gasteiger partial charge < -0.3 is 0 Å². The number of thioether (sulfide) groups is 1. The molecular weight excluding hydrogens is 304 g/mol. The fourth-order valence-electron chi connectivity index (χ4n) is 2.38. The van der Waals surface area contributed by atoms with Crippen LogP contribution in [-0.4, -0.2) is 16.8 Å². The van der Waals surface area contributed by atoms with Crippen LogP contribution in [0.2, 0.25) is 0 Å². The summed E-state index contributed by atoms with van der Waals surface area (Å²) in [5, 5.41) is 0.150. The Morgan fingerprint density at radius 1 is 0.957 bits per heavy atom. The van der Waals surface area contributed by atoms with E-state index in [1.54, 1.807) is 36.0 Å². The monoisotopic (exact) mass is 326 g/mol. The van der Waals surface area contributed by atoms with E-state index < -0.39 is 0 Å². The van der Waals surface area contributed by atoms with Gasteiger partial charge in [-0.05, 0) is 18.6 Å². The molecule has 0 saturated heterocycles. The third kappa shape index (κ3) is 5.68. The number of carbonyl (C=O) groups is 2. The zero-order chi connectivity index (χ0) is 16.5. The number of benzene rings is 2. The fourth-order valence-corrected chi connectivity index (χ4v) is 3.59. The minimum atomic E-state index is -0.374. The first-order chi connectivity index (χ1) is 11.2. The Bertz CT molecular complexity index is 623. The van der Waals surface area contributed by atoms with Gasteiger partial charge in [-0.2, -0.15) is 0 Å². The van der Waals surface area contributed by atoms with Crippen LogP contribution in [0.1, 0.15) is 43.0 Å². The Balaban J connectivity index is 2.01. The lowest BCUT2D eigenvalue weighted by Gasteiger charge is -2.15. The molecule has 0 bridgehead atoms. The minimum absolute atomic E-state index is 0.150. The molecule has 0 saturated carbocycles. The first-order valence-corrected chi connectivity index (χ1v) is 8.93. The number of rotatable bonds is 9.